The Morgan fingerprint density at radius 1 is 1.21 bits per heavy atom. The van der Waals surface area contributed by atoms with Crippen molar-refractivity contribution in [3.05, 3.63) is 68.9 Å². The minimum atomic E-state index is -0.400. The van der Waals surface area contributed by atoms with Gasteiger partial charge in [-0.3, -0.25) is 4.79 Å². The second-order valence-electron chi connectivity index (χ2n) is 6.72. The Morgan fingerprint density at radius 2 is 2.00 bits per heavy atom. The third-order valence-electron chi connectivity index (χ3n) is 4.46. The summed E-state index contributed by atoms with van der Waals surface area (Å²) in [4.78, 5) is 12.4. The van der Waals surface area contributed by atoms with Gasteiger partial charge in [-0.25, -0.2) is 5.43 Å². The zero-order valence-corrected chi connectivity index (χ0v) is 18.4. The van der Waals surface area contributed by atoms with Crippen LogP contribution in [0.1, 0.15) is 36.0 Å². The first kappa shape index (κ1) is 19.0. The Labute approximate surface area is 178 Å². The van der Waals surface area contributed by atoms with Crippen LogP contribution in [0.5, 0.6) is 0 Å². The van der Waals surface area contributed by atoms with Crippen LogP contribution in [-0.2, 0) is 0 Å². The van der Waals surface area contributed by atoms with Gasteiger partial charge in [-0.15, -0.1) is 0 Å². The highest BCUT2D eigenvalue weighted by Gasteiger charge is 2.14. The zero-order chi connectivity index (χ0) is 19.8. The molecule has 0 bridgehead atoms. The molecule has 0 aliphatic rings. The molecule has 4 aromatic rings. The van der Waals surface area contributed by atoms with E-state index in [2.05, 4.69) is 66.9 Å². The first-order valence-electron chi connectivity index (χ1n) is 8.75. The molecule has 142 valence electrons. The topological polar surface area (TPSA) is 59.5 Å². The van der Waals surface area contributed by atoms with E-state index in [0.717, 1.165) is 30.8 Å². The highest BCUT2D eigenvalue weighted by Crippen LogP contribution is 2.31. The van der Waals surface area contributed by atoms with E-state index < -0.39 is 5.91 Å². The molecule has 4 rings (SSSR count). The number of hydrogen-bond donors (Lipinski definition) is 1. The maximum Gasteiger partial charge on any atom is 0.307 e. The standard InChI is InChI=1S/C21H17Br2N3O2/c1-12(2)26-11-14(16-5-3-4-6-18(16)26)10-24-25-21(27)19-8-13-7-15(22)9-17(23)20(13)28-19/h3-12H,1-2H3,(H,25,27)/b24-10-. The minimum absolute atomic E-state index is 0.204. The highest BCUT2D eigenvalue weighted by atomic mass is 79.9. The molecule has 0 fully saturated rings. The van der Waals surface area contributed by atoms with E-state index >= 15 is 0 Å². The van der Waals surface area contributed by atoms with Crippen molar-refractivity contribution in [2.45, 2.75) is 19.9 Å². The average Bonchev–Trinajstić information content (AvgIpc) is 3.24. The van der Waals surface area contributed by atoms with Gasteiger partial charge in [0.05, 0.1) is 10.7 Å². The summed E-state index contributed by atoms with van der Waals surface area (Å²) in [5.74, 6) is -0.196. The van der Waals surface area contributed by atoms with E-state index in [-0.39, 0.29) is 5.76 Å². The molecular formula is C21H17Br2N3O2. The molecule has 1 N–H and O–H groups in total. The van der Waals surface area contributed by atoms with E-state index in [1.165, 1.54) is 0 Å². The quantitative estimate of drug-likeness (QED) is 0.264. The van der Waals surface area contributed by atoms with Gasteiger partial charge in [0, 0.05) is 38.6 Å². The van der Waals surface area contributed by atoms with Crippen LogP contribution in [0.2, 0.25) is 0 Å². The monoisotopic (exact) mass is 501 g/mol. The van der Waals surface area contributed by atoms with Crippen LogP contribution in [0.15, 0.2) is 67.1 Å². The molecule has 5 nitrogen and oxygen atoms in total. The summed E-state index contributed by atoms with van der Waals surface area (Å²) in [6.07, 6.45) is 3.70. The van der Waals surface area contributed by atoms with E-state index in [1.807, 2.05) is 36.5 Å². The molecule has 2 aromatic carbocycles. The maximum absolute atomic E-state index is 12.4. The number of aromatic nitrogens is 1. The number of para-hydroxylation sites is 1. The molecule has 1 amide bonds. The van der Waals surface area contributed by atoms with Gasteiger partial charge in [0.1, 0.15) is 5.58 Å². The number of carbonyl (C=O) groups excluding carboxylic acids is 1. The van der Waals surface area contributed by atoms with Crippen molar-refractivity contribution in [1.29, 1.82) is 0 Å². The third-order valence-corrected chi connectivity index (χ3v) is 5.50. The smallest absolute Gasteiger partial charge is 0.307 e. The number of rotatable bonds is 4. The number of halogens is 2. The number of nitrogens with one attached hydrogen (secondary N) is 1. The van der Waals surface area contributed by atoms with Gasteiger partial charge in [0.2, 0.25) is 0 Å². The zero-order valence-electron chi connectivity index (χ0n) is 15.2. The van der Waals surface area contributed by atoms with E-state index in [1.54, 1.807) is 12.3 Å². The number of carbonyl (C=O) groups is 1. The number of hydrogen-bond acceptors (Lipinski definition) is 3. The van der Waals surface area contributed by atoms with Gasteiger partial charge in [0.25, 0.3) is 0 Å². The van der Waals surface area contributed by atoms with Crippen molar-refractivity contribution in [3.63, 3.8) is 0 Å². The summed E-state index contributed by atoms with van der Waals surface area (Å²) in [7, 11) is 0. The van der Waals surface area contributed by atoms with Crippen molar-refractivity contribution >= 4 is 65.9 Å². The Bertz CT molecular complexity index is 1220. The van der Waals surface area contributed by atoms with Crippen LogP contribution in [0, 0.1) is 0 Å². The number of hydrazone groups is 1. The molecule has 0 aliphatic heterocycles. The summed E-state index contributed by atoms with van der Waals surface area (Å²) in [5.41, 5.74) is 5.25. The largest absolute Gasteiger partial charge is 0.450 e. The van der Waals surface area contributed by atoms with Gasteiger partial charge < -0.3 is 8.98 Å². The fourth-order valence-electron chi connectivity index (χ4n) is 3.17. The Balaban J connectivity index is 1.58. The number of fused-ring (bicyclic) bond motifs is 2. The lowest BCUT2D eigenvalue weighted by Crippen LogP contribution is -2.16. The number of furan rings is 1. The third kappa shape index (κ3) is 3.52. The van der Waals surface area contributed by atoms with Crippen LogP contribution in [0.3, 0.4) is 0 Å². The fraction of sp³-hybridized carbons (Fsp3) is 0.143. The first-order chi connectivity index (χ1) is 13.4. The Hall–Kier alpha value is -2.38. The summed E-state index contributed by atoms with van der Waals surface area (Å²) < 4.78 is 9.53. The molecule has 2 heterocycles. The van der Waals surface area contributed by atoms with Crippen LogP contribution in [0.4, 0.5) is 0 Å². The Kier molecular flexibility index (Phi) is 5.12. The highest BCUT2D eigenvalue weighted by molar-refractivity contribution is 9.11. The molecule has 28 heavy (non-hydrogen) atoms. The molecular weight excluding hydrogens is 486 g/mol. The van der Waals surface area contributed by atoms with Crippen molar-refractivity contribution in [2.75, 3.05) is 0 Å². The average molecular weight is 503 g/mol. The van der Waals surface area contributed by atoms with Crippen molar-refractivity contribution in [3.8, 4) is 0 Å². The number of benzene rings is 2. The van der Waals surface area contributed by atoms with Crippen molar-refractivity contribution in [1.82, 2.24) is 9.99 Å². The molecule has 0 radical (unpaired) electrons. The number of amides is 1. The lowest BCUT2D eigenvalue weighted by Gasteiger charge is -2.08. The van der Waals surface area contributed by atoms with Crippen molar-refractivity contribution in [2.24, 2.45) is 5.10 Å². The normalized spacial score (nSPS) is 11.9. The van der Waals surface area contributed by atoms with Crippen LogP contribution in [-0.4, -0.2) is 16.7 Å². The number of nitrogens with zero attached hydrogens (tertiary/aromatic N) is 2. The minimum Gasteiger partial charge on any atom is -0.450 e. The summed E-state index contributed by atoms with van der Waals surface area (Å²) in [6.45, 7) is 4.26. The van der Waals surface area contributed by atoms with Gasteiger partial charge in [0.15, 0.2) is 5.76 Å². The predicted molar refractivity (Wildman–Crippen MR) is 119 cm³/mol. The van der Waals surface area contributed by atoms with Gasteiger partial charge in [-0.05, 0) is 54.0 Å². The maximum atomic E-state index is 12.4. The second-order valence-corrected chi connectivity index (χ2v) is 8.49. The molecule has 0 saturated heterocycles. The lowest BCUT2D eigenvalue weighted by atomic mass is 10.2. The Morgan fingerprint density at radius 3 is 2.79 bits per heavy atom. The molecule has 0 spiro atoms. The summed E-state index contributed by atoms with van der Waals surface area (Å²) >= 11 is 6.87. The summed E-state index contributed by atoms with van der Waals surface area (Å²) in [5, 5.41) is 6.05. The molecule has 0 unspecified atom stereocenters. The SMILES string of the molecule is CC(C)n1cc(/C=N\NC(=O)c2cc3cc(Br)cc(Br)c3o2)c2ccccc21. The van der Waals surface area contributed by atoms with Gasteiger partial charge in [-0.1, -0.05) is 34.1 Å². The van der Waals surface area contributed by atoms with Crippen molar-refractivity contribution < 1.29 is 9.21 Å². The van der Waals surface area contributed by atoms with E-state index in [0.29, 0.717) is 11.6 Å². The molecule has 2 aromatic heterocycles. The van der Waals surface area contributed by atoms with Crippen LogP contribution >= 0.6 is 31.9 Å². The molecule has 0 atom stereocenters. The second kappa shape index (κ2) is 7.56. The lowest BCUT2D eigenvalue weighted by molar-refractivity contribution is 0.0929. The van der Waals surface area contributed by atoms with Gasteiger partial charge >= 0.3 is 5.91 Å². The molecule has 0 aliphatic carbocycles. The van der Waals surface area contributed by atoms with Crippen LogP contribution < -0.4 is 5.43 Å². The summed E-state index contributed by atoms with van der Waals surface area (Å²) in [6, 6.07) is 13.9. The first-order valence-corrected chi connectivity index (χ1v) is 10.3. The predicted octanol–water partition coefficient (Wildman–Crippen LogP) is 6.26. The van der Waals surface area contributed by atoms with E-state index in [4.69, 9.17) is 4.42 Å². The molecule has 7 heteroatoms. The van der Waals surface area contributed by atoms with Crippen LogP contribution in [0.25, 0.3) is 21.9 Å². The van der Waals surface area contributed by atoms with E-state index in [9.17, 15) is 4.79 Å². The van der Waals surface area contributed by atoms with Gasteiger partial charge in [-0.2, -0.15) is 5.10 Å². The fourth-order valence-corrected chi connectivity index (χ4v) is 4.50. The molecule has 0 saturated carbocycles.